The van der Waals surface area contributed by atoms with Crippen LogP contribution in [-0.4, -0.2) is 37.0 Å². The first-order valence-electron chi connectivity index (χ1n) is 9.45. The van der Waals surface area contributed by atoms with E-state index in [1.807, 2.05) is 0 Å². The highest BCUT2D eigenvalue weighted by molar-refractivity contribution is 5.85. The summed E-state index contributed by atoms with van der Waals surface area (Å²) in [6.07, 6.45) is 3.40. The van der Waals surface area contributed by atoms with E-state index in [2.05, 4.69) is 53.6 Å². The van der Waals surface area contributed by atoms with Crippen LogP contribution in [0, 0.1) is 11.3 Å². The number of amides is 1. The second kappa shape index (κ2) is 10.5. The van der Waals surface area contributed by atoms with Crippen molar-refractivity contribution in [2.45, 2.75) is 46.2 Å². The van der Waals surface area contributed by atoms with Crippen LogP contribution in [0.25, 0.3) is 0 Å². The van der Waals surface area contributed by atoms with E-state index in [1.165, 1.54) is 11.1 Å². The molecule has 1 saturated carbocycles. The molecule has 2 aliphatic rings. The standard InChI is InChI=1S/C20H31N3O.2ClH/c1-3-23(4-2)15-17-7-5-6-16(12-17)14-22-19(24)18-13-20(18)8-10-21-11-9-20;;/h5-7,12,18,21H,3-4,8-11,13-15H2,1-2H3,(H,22,24);2*1H. The van der Waals surface area contributed by atoms with Crippen molar-refractivity contribution in [3.8, 4) is 0 Å². The van der Waals surface area contributed by atoms with Gasteiger partial charge < -0.3 is 10.6 Å². The number of hydrogen-bond donors (Lipinski definition) is 2. The fourth-order valence-electron chi connectivity index (χ4n) is 4.05. The van der Waals surface area contributed by atoms with Crippen molar-refractivity contribution in [1.29, 1.82) is 0 Å². The van der Waals surface area contributed by atoms with Gasteiger partial charge in [-0.2, -0.15) is 0 Å². The molecule has 1 aromatic carbocycles. The van der Waals surface area contributed by atoms with Crippen molar-refractivity contribution in [1.82, 2.24) is 15.5 Å². The molecule has 1 aliphatic heterocycles. The van der Waals surface area contributed by atoms with Crippen molar-refractivity contribution in [2.24, 2.45) is 11.3 Å². The molecular formula is C20H33Cl2N3O. The highest BCUT2D eigenvalue weighted by atomic mass is 35.5. The van der Waals surface area contributed by atoms with Crippen LogP contribution >= 0.6 is 24.8 Å². The summed E-state index contributed by atoms with van der Waals surface area (Å²) in [5, 5.41) is 6.56. The van der Waals surface area contributed by atoms with Gasteiger partial charge in [0.2, 0.25) is 5.91 Å². The molecule has 0 radical (unpaired) electrons. The molecule has 26 heavy (non-hydrogen) atoms. The lowest BCUT2D eigenvalue weighted by atomic mass is 9.92. The Balaban J connectivity index is 0.00000169. The zero-order valence-electron chi connectivity index (χ0n) is 15.9. The van der Waals surface area contributed by atoms with E-state index in [-0.39, 0.29) is 36.6 Å². The lowest BCUT2D eigenvalue weighted by Crippen LogP contribution is -2.33. The summed E-state index contributed by atoms with van der Waals surface area (Å²) < 4.78 is 0. The fourth-order valence-corrected chi connectivity index (χ4v) is 4.05. The molecule has 1 spiro atoms. The summed E-state index contributed by atoms with van der Waals surface area (Å²) in [6.45, 7) is 10.3. The van der Waals surface area contributed by atoms with Crippen molar-refractivity contribution < 1.29 is 4.79 Å². The van der Waals surface area contributed by atoms with Gasteiger partial charge in [0.15, 0.2) is 0 Å². The number of carbonyl (C=O) groups is 1. The monoisotopic (exact) mass is 401 g/mol. The Kier molecular flexibility index (Phi) is 9.39. The molecular weight excluding hydrogens is 369 g/mol. The summed E-state index contributed by atoms with van der Waals surface area (Å²) >= 11 is 0. The van der Waals surface area contributed by atoms with Crippen molar-refractivity contribution >= 4 is 30.7 Å². The van der Waals surface area contributed by atoms with Crippen LogP contribution in [0.5, 0.6) is 0 Å². The van der Waals surface area contributed by atoms with E-state index >= 15 is 0 Å². The number of hydrogen-bond acceptors (Lipinski definition) is 3. The number of benzene rings is 1. The summed E-state index contributed by atoms with van der Waals surface area (Å²) in [6, 6.07) is 8.62. The largest absolute Gasteiger partial charge is 0.352 e. The van der Waals surface area contributed by atoms with E-state index in [0.717, 1.165) is 52.0 Å². The number of piperidine rings is 1. The molecule has 0 aromatic heterocycles. The first kappa shape index (κ1) is 23.2. The summed E-state index contributed by atoms with van der Waals surface area (Å²) in [4.78, 5) is 14.9. The Morgan fingerprint density at radius 2 is 1.85 bits per heavy atom. The van der Waals surface area contributed by atoms with Crippen molar-refractivity contribution in [2.75, 3.05) is 26.2 Å². The predicted octanol–water partition coefficient (Wildman–Crippen LogP) is 3.38. The second-order valence-electron chi connectivity index (χ2n) is 7.37. The molecule has 1 atom stereocenters. The molecule has 2 N–H and O–H groups in total. The van der Waals surface area contributed by atoms with E-state index in [4.69, 9.17) is 0 Å². The number of nitrogens with one attached hydrogen (secondary N) is 2. The second-order valence-corrected chi connectivity index (χ2v) is 7.37. The third kappa shape index (κ3) is 5.59. The lowest BCUT2D eigenvalue weighted by Gasteiger charge is -2.23. The van der Waals surface area contributed by atoms with E-state index in [1.54, 1.807) is 0 Å². The van der Waals surface area contributed by atoms with Gasteiger partial charge in [-0.15, -0.1) is 24.8 Å². The molecule has 1 heterocycles. The molecule has 1 aliphatic carbocycles. The highest BCUT2D eigenvalue weighted by Gasteiger charge is 2.57. The maximum atomic E-state index is 12.5. The Morgan fingerprint density at radius 1 is 1.19 bits per heavy atom. The molecule has 3 rings (SSSR count). The number of carbonyl (C=O) groups excluding carboxylic acids is 1. The van der Waals surface area contributed by atoms with E-state index < -0.39 is 0 Å². The van der Waals surface area contributed by atoms with Gasteiger partial charge in [-0.25, -0.2) is 0 Å². The molecule has 1 amide bonds. The number of nitrogens with zero attached hydrogens (tertiary/aromatic N) is 1. The maximum Gasteiger partial charge on any atom is 0.223 e. The Labute approximate surface area is 170 Å². The SMILES string of the molecule is CCN(CC)Cc1cccc(CNC(=O)C2CC23CCNCC3)c1.Cl.Cl. The molecule has 1 saturated heterocycles. The lowest BCUT2D eigenvalue weighted by molar-refractivity contribution is -0.123. The van der Waals surface area contributed by atoms with E-state index in [9.17, 15) is 4.79 Å². The topological polar surface area (TPSA) is 44.4 Å². The fraction of sp³-hybridized carbons (Fsp3) is 0.650. The summed E-state index contributed by atoms with van der Waals surface area (Å²) in [7, 11) is 0. The molecule has 148 valence electrons. The van der Waals surface area contributed by atoms with Crippen LogP contribution in [0.2, 0.25) is 0 Å². The van der Waals surface area contributed by atoms with Crippen LogP contribution in [0.15, 0.2) is 24.3 Å². The molecule has 0 bridgehead atoms. The van der Waals surface area contributed by atoms with Gasteiger partial charge in [0.25, 0.3) is 0 Å². The van der Waals surface area contributed by atoms with E-state index in [0.29, 0.717) is 12.0 Å². The third-order valence-corrected chi connectivity index (χ3v) is 5.86. The van der Waals surface area contributed by atoms with Gasteiger partial charge in [0, 0.05) is 19.0 Å². The first-order chi connectivity index (χ1) is 11.7. The summed E-state index contributed by atoms with van der Waals surface area (Å²) in [5.74, 6) is 0.504. The van der Waals surface area contributed by atoms with Crippen LogP contribution in [0.3, 0.4) is 0 Å². The third-order valence-electron chi connectivity index (χ3n) is 5.86. The van der Waals surface area contributed by atoms with Gasteiger partial charge >= 0.3 is 0 Å². The maximum absolute atomic E-state index is 12.5. The van der Waals surface area contributed by atoms with Crippen molar-refractivity contribution in [3.05, 3.63) is 35.4 Å². The molecule has 6 heteroatoms. The predicted molar refractivity (Wildman–Crippen MR) is 112 cm³/mol. The normalized spacial score (nSPS) is 20.2. The van der Waals surface area contributed by atoms with Gasteiger partial charge in [0.1, 0.15) is 0 Å². The molecule has 2 fully saturated rings. The average molecular weight is 402 g/mol. The Hall–Kier alpha value is -0.810. The highest BCUT2D eigenvalue weighted by Crippen LogP contribution is 2.58. The average Bonchev–Trinajstić information content (AvgIpc) is 3.31. The van der Waals surface area contributed by atoms with Crippen LogP contribution in [-0.2, 0) is 17.9 Å². The Bertz CT molecular complexity index is 572. The minimum absolute atomic E-state index is 0. The van der Waals surface area contributed by atoms with Crippen LogP contribution in [0.1, 0.15) is 44.2 Å². The van der Waals surface area contributed by atoms with Crippen molar-refractivity contribution in [3.63, 3.8) is 0 Å². The minimum atomic E-state index is 0. The van der Waals surface area contributed by atoms with Crippen LogP contribution < -0.4 is 10.6 Å². The minimum Gasteiger partial charge on any atom is -0.352 e. The van der Waals surface area contributed by atoms with Crippen LogP contribution in [0.4, 0.5) is 0 Å². The van der Waals surface area contributed by atoms with Gasteiger partial charge in [-0.05, 0) is 62.0 Å². The number of halogens is 2. The Morgan fingerprint density at radius 3 is 2.50 bits per heavy atom. The van der Waals surface area contributed by atoms with Gasteiger partial charge in [-0.1, -0.05) is 38.1 Å². The van der Waals surface area contributed by atoms with Gasteiger partial charge in [-0.3, -0.25) is 9.69 Å². The molecule has 4 nitrogen and oxygen atoms in total. The zero-order valence-corrected chi connectivity index (χ0v) is 17.6. The molecule has 1 unspecified atom stereocenters. The zero-order chi connectivity index (χ0) is 17.0. The molecule has 1 aromatic rings. The van der Waals surface area contributed by atoms with Gasteiger partial charge in [0.05, 0.1) is 0 Å². The first-order valence-corrected chi connectivity index (χ1v) is 9.45. The number of rotatable bonds is 7. The summed E-state index contributed by atoms with van der Waals surface area (Å²) in [5.41, 5.74) is 2.85. The quantitative estimate of drug-likeness (QED) is 0.735. The smallest absolute Gasteiger partial charge is 0.223 e.